The van der Waals surface area contributed by atoms with Crippen LogP contribution in [-0.2, 0) is 9.59 Å². The number of carbonyl (C=O) groups is 2. The third-order valence-corrected chi connectivity index (χ3v) is 6.05. The summed E-state index contributed by atoms with van der Waals surface area (Å²) in [6, 6.07) is 0. The van der Waals surface area contributed by atoms with Gasteiger partial charge >= 0.3 is 5.97 Å². The monoisotopic (exact) mass is 442 g/mol. The summed E-state index contributed by atoms with van der Waals surface area (Å²) in [6.45, 7) is 4.26. The lowest BCUT2D eigenvalue weighted by Crippen LogP contribution is -2.52. The van der Waals surface area contributed by atoms with Gasteiger partial charge in [-0.2, -0.15) is 0 Å². The molecule has 0 bridgehead atoms. The summed E-state index contributed by atoms with van der Waals surface area (Å²) in [6.07, 6.45) is 20.3. The summed E-state index contributed by atoms with van der Waals surface area (Å²) < 4.78 is 0. The molecule has 1 amide bonds. The van der Waals surface area contributed by atoms with Crippen LogP contribution in [0.4, 0.5) is 0 Å². The molecule has 0 saturated carbocycles. The lowest BCUT2D eigenvalue weighted by Gasteiger charge is -2.26. The molecule has 4 N–H and O–H groups in total. The van der Waals surface area contributed by atoms with E-state index in [4.69, 9.17) is 5.11 Å². The van der Waals surface area contributed by atoms with Crippen molar-refractivity contribution in [2.24, 2.45) is 0 Å². The second-order valence-corrected chi connectivity index (χ2v) is 9.09. The first-order valence-electron chi connectivity index (χ1n) is 12.8. The number of hydrogen-bond donors (Lipinski definition) is 4. The van der Waals surface area contributed by atoms with E-state index in [0.29, 0.717) is 13.0 Å². The summed E-state index contributed by atoms with van der Waals surface area (Å²) in [7, 11) is 0. The van der Waals surface area contributed by atoms with Crippen molar-refractivity contribution in [1.29, 1.82) is 0 Å². The number of carboxylic acids is 1. The topological polar surface area (TPSA) is 98.7 Å². The average Bonchev–Trinajstić information content (AvgIpc) is 2.74. The Morgan fingerprint density at radius 1 is 0.742 bits per heavy atom. The summed E-state index contributed by atoms with van der Waals surface area (Å²) in [4.78, 5) is 23.3. The fraction of sp³-hybridized carbons (Fsp3) is 0.920. The zero-order chi connectivity index (χ0) is 23.2. The number of hydrogen-bond acceptors (Lipinski definition) is 4. The Morgan fingerprint density at radius 2 is 1.19 bits per heavy atom. The van der Waals surface area contributed by atoms with Crippen molar-refractivity contribution >= 4 is 11.9 Å². The number of aliphatic carboxylic acids is 1. The first-order chi connectivity index (χ1) is 15.0. The van der Waals surface area contributed by atoms with E-state index < -0.39 is 11.5 Å². The molecule has 6 nitrogen and oxygen atoms in total. The molecule has 6 heteroatoms. The van der Waals surface area contributed by atoms with E-state index in [-0.39, 0.29) is 25.5 Å². The quantitative estimate of drug-likeness (QED) is 0.163. The summed E-state index contributed by atoms with van der Waals surface area (Å²) in [5.41, 5.74) is -1.13. The normalized spacial score (nSPS) is 13.1. The Bertz CT molecular complexity index is 445. The van der Waals surface area contributed by atoms with Crippen molar-refractivity contribution in [1.82, 2.24) is 10.6 Å². The average molecular weight is 443 g/mol. The van der Waals surface area contributed by atoms with E-state index in [1.54, 1.807) is 6.92 Å². The van der Waals surface area contributed by atoms with Crippen LogP contribution >= 0.6 is 0 Å². The molecule has 0 spiro atoms. The largest absolute Gasteiger partial charge is 0.480 e. The molecule has 0 aliphatic carbocycles. The fourth-order valence-corrected chi connectivity index (χ4v) is 3.80. The van der Waals surface area contributed by atoms with E-state index in [9.17, 15) is 14.7 Å². The van der Waals surface area contributed by atoms with Crippen LogP contribution in [0.15, 0.2) is 0 Å². The van der Waals surface area contributed by atoms with Crippen LogP contribution in [0.2, 0.25) is 0 Å². The van der Waals surface area contributed by atoms with Gasteiger partial charge in [0.2, 0.25) is 5.91 Å². The molecule has 0 heterocycles. The minimum atomic E-state index is -1.13. The molecule has 184 valence electrons. The number of amides is 1. The van der Waals surface area contributed by atoms with Crippen LogP contribution in [0.1, 0.15) is 123 Å². The third kappa shape index (κ3) is 18.2. The first-order valence-corrected chi connectivity index (χ1v) is 12.8. The number of aliphatic hydroxyl groups excluding tert-OH is 1. The van der Waals surface area contributed by atoms with Gasteiger partial charge in [-0.25, -0.2) is 0 Å². The highest BCUT2D eigenvalue weighted by molar-refractivity contribution is 5.79. The molecule has 0 aromatic rings. The molecule has 0 aromatic carbocycles. The van der Waals surface area contributed by atoms with Crippen LogP contribution in [0.3, 0.4) is 0 Å². The Kier molecular flexibility index (Phi) is 20.0. The highest BCUT2D eigenvalue weighted by Gasteiger charge is 2.31. The molecule has 1 atom stereocenters. The zero-order valence-electron chi connectivity index (χ0n) is 20.4. The predicted octanol–water partition coefficient (Wildman–Crippen LogP) is 5.18. The highest BCUT2D eigenvalue weighted by Crippen LogP contribution is 2.14. The minimum absolute atomic E-state index is 0.00964. The van der Waals surface area contributed by atoms with Crippen LogP contribution in [0, 0.1) is 0 Å². The third-order valence-electron chi connectivity index (χ3n) is 6.05. The van der Waals surface area contributed by atoms with Gasteiger partial charge < -0.3 is 15.5 Å². The van der Waals surface area contributed by atoms with E-state index in [1.165, 1.54) is 83.5 Å². The molecule has 0 aliphatic heterocycles. The second-order valence-electron chi connectivity index (χ2n) is 9.09. The Morgan fingerprint density at radius 3 is 1.61 bits per heavy atom. The lowest BCUT2D eigenvalue weighted by molar-refractivity contribution is -0.144. The number of nitrogens with one attached hydrogen (secondary N) is 2. The minimum Gasteiger partial charge on any atom is -0.480 e. The van der Waals surface area contributed by atoms with Gasteiger partial charge in [-0.3, -0.25) is 14.9 Å². The van der Waals surface area contributed by atoms with Crippen molar-refractivity contribution in [3.63, 3.8) is 0 Å². The molecule has 0 aliphatic rings. The number of carbonyl (C=O) groups excluding carboxylic acids is 1. The van der Waals surface area contributed by atoms with E-state index in [1.807, 2.05) is 0 Å². The first kappa shape index (κ1) is 29.9. The lowest BCUT2D eigenvalue weighted by atomic mass is 9.98. The highest BCUT2D eigenvalue weighted by atomic mass is 16.4. The zero-order valence-corrected chi connectivity index (χ0v) is 20.4. The number of unbranched alkanes of at least 4 members (excludes halogenated alkanes) is 14. The second kappa shape index (κ2) is 20.7. The van der Waals surface area contributed by atoms with E-state index in [0.717, 1.165) is 12.8 Å². The van der Waals surface area contributed by atoms with Gasteiger partial charge in [0, 0.05) is 19.5 Å². The molecule has 0 aromatic heterocycles. The number of β-amino-alcohol motifs (C(OH)–C–C–N with tert-alkyl or cyclic N) is 1. The smallest absolute Gasteiger partial charge is 0.323 e. The SMILES string of the molecule is CCCCCCCCCCCCCCCCCC(=O)NCCC(C)(NCCO)C(=O)O. The van der Waals surface area contributed by atoms with Gasteiger partial charge in [0.05, 0.1) is 6.61 Å². The van der Waals surface area contributed by atoms with Crippen molar-refractivity contribution in [3.05, 3.63) is 0 Å². The Labute approximate surface area is 191 Å². The van der Waals surface area contributed by atoms with Gasteiger partial charge in [-0.15, -0.1) is 0 Å². The maximum atomic E-state index is 11.9. The van der Waals surface area contributed by atoms with Gasteiger partial charge in [-0.1, -0.05) is 96.8 Å². The molecule has 0 fully saturated rings. The molecular formula is C25H50N2O4. The molecule has 0 radical (unpaired) electrons. The summed E-state index contributed by atoms with van der Waals surface area (Å²) in [5, 5.41) is 23.8. The van der Waals surface area contributed by atoms with Crippen LogP contribution in [0.5, 0.6) is 0 Å². The van der Waals surface area contributed by atoms with E-state index >= 15 is 0 Å². The van der Waals surface area contributed by atoms with Crippen molar-refractivity contribution in [3.8, 4) is 0 Å². The summed E-state index contributed by atoms with van der Waals surface area (Å²) >= 11 is 0. The van der Waals surface area contributed by atoms with Gasteiger partial charge in [0.25, 0.3) is 0 Å². The maximum Gasteiger partial charge on any atom is 0.323 e. The Balaban J connectivity index is 3.47. The number of aliphatic hydroxyl groups is 1. The Hall–Kier alpha value is -1.14. The van der Waals surface area contributed by atoms with Crippen LogP contribution < -0.4 is 10.6 Å². The van der Waals surface area contributed by atoms with Crippen LogP contribution in [0.25, 0.3) is 0 Å². The fourth-order valence-electron chi connectivity index (χ4n) is 3.80. The van der Waals surface area contributed by atoms with Gasteiger partial charge in [-0.05, 0) is 19.8 Å². The molecule has 31 heavy (non-hydrogen) atoms. The number of carboxylic acid groups (broad SMARTS) is 1. The van der Waals surface area contributed by atoms with Crippen molar-refractivity contribution in [2.45, 2.75) is 129 Å². The standard InChI is InChI=1S/C25H50N2O4/c1-3-4-5-6-7-8-9-10-11-12-13-14-15-16-17-18-23(29)26-20-19-25(2,24(30)31)27-21-22-28/h27-28H,3-22H2,1-2H3,(H,26,29)(H,30,31). The maximum absolute atomic E-state index is 11.9. The van der Waals surface area contributed by atoms with Gasteiger partial charge in [0.1, 0.15) is 5.54 Å². The van der Waals surface area contributed by atoms with Crippen molar-refractivity contribution in [2.75, 3.05) is 19.7 Å². The predicted molar refractivity (Wildman–Crippen MR) is 128 cm³/mol. The van der Waals surface area contributed by atoms with Gasteiger partial charge in [0.15, 0.2) is 0 Å². The molecule has 1 unspecified atom stereocenters. The molecule has 0 saturated heterocycles. The van der Waals surface area contributed by atoms with Crippen LogP contribution in [-0.4, -0.2) is 47.3 Å². The van der Waals surface area contributed by atoms with Crippen molar-refractivity contribution < 1.29 is 19.8 Å². The molecule has 0 rings (SSSR count). The number of rotatable bonds is 23. The van der Waals surface area contributed by atoms with E-state index in [2.05, 4.69) is 17.6 Å². The molecular weight excluding hydrogens is 392 g/mol. The summed E-state index contributed by atoms with van der Waals surface area (Å²) in [5.74, 6) is -0.984.